The topological polar surface area (TPSA) is 84.2 Å². The number of hydrogen-bond donors (Lipinski definition) is 3. The van der Waals surface area contributed by atoms with Gasteiger partial charge in [0.2, 0.25) is 5.91 Å². The maximum atomic E-state index is 12.2. The second-order valence-corrected chi connectivity index (χ2v) is 5.52. The Labute approximate surface area is 139 Å². The molecule has 0 heterocycles. The van der Waals surface area contributed by atoms with Crippen molar-refractivity contribution in [2.24, 2.45) is 5.73 Å². The lowest BCUT2D eigenvalue weighted by Gasteiger charge is -2.11. The number of nitrogens with two attached hydrogens (primary N) is 1. The van der Waals surface area contributed by atoms with Gasteiger partial charge in [0.05, 0.1) is 0 Å². The number of amides is 2. The van der Waals surface area contributed by atoms with Gasteiger partial charge >= 0.3 is 0 Å². The van der Waals surface area contributed by atoms with Gasteiger partial charge < -0.3 is 16.4 Å². The van der Waals surface area contributed by atoms with Crippen LogP contribution in [0.2, 0.25) is 5.02 Å². The van der Waals surface area contributed by atoms with Crippen LogP contribution in [0.5, 0.6) is 0 Å². The second kappa shape index (κ2) is 7.76. The first-order valence-electron chi connectivity index (χ1n) is 7.17. The monoisotopic (exact) mass is 331 g/mol. The van der Waals surface area contributed by atoms with E-state index >= 15 is 0 Å². The molecule has 0 aliphatic rings. The highest BCUT2D eigenvalue weighted by molar-refractivity contribution is 6.31. The Kier molecular flexibility index (Phi) is 5.73. The molecule has 23 heavy (non-hydrogen) atoms. The summed E-state index contributed by atoms with van der Waals surface area (Å²) in [6, 6.07) is 12.0. The molecule has 2 amide bonds. The molecule has 6 heteroatoms. The van der Waals surface area contributed by atoms with Gasteiger partial charge in [-0.1, -0.05) is 23.7 Å². The van der Waals surface area contributed by atoms with Crippen LogP contribution in [-0.2, 0) is 4.79 Å². The number of anilines is 2. The zero-order valence-electron chi connectivity index (χ0n) is 12.7. The van der Waals surface area contributed by atoms with E-state index in [0.717, 1.165) is 5.56 Å². The predicted molar refractivity (Wildman–Crippen MR) is 92.9 cm³/mol. The Bertz CT molecular complexity index is 732. The molecular weight excluding hydrogens is 314 g/mol. The van der Waals surface area contributed by atoms with Crippen LogP contribution in [-0.4, -0.2) is 18.4 Å². The molecule has 0 aliphatic heterocycles. The Morgan fingerprint density at radius 3 is 2.61 bits per heavy atom. The third-order valence-electron chi connectivity index (χ3n) is 3.23. The van der Waals surface area contributed by atoms with E-state index in [1.807, 2.05) is 13.0 Å². The fourth-order valence-electron chi connectivity index (χ4n) is 2.01. The largest absolute Gasteiger partial charge is 0.330 e. The van der Waals surface area contributed by atoms with E-state index in [1.165, 1.54) is 0 Å². The van der Waals surface area contributed by atoms with E-state index < -0.39 is 0 Å². The first kappa shape index (κ1) is 17.0. The lowest BCUT2D eigenvalue weighted by Crippen LogP contribution is -2.17. The van der Waals surface area contributed by atoms with E-state index in [2.05, 4.69) is 10.6 Å². The van der Waals surface area contributed by atoms with Crippen molar-refractivity contribution in [1.82, 2.24) is 0 Å². The van der Waals surface area contributed by atoms with Gasteiger partial charge in [0, 0.05) is 34.9 Å². The fraction of sp³-hybridized carbons (Fsp3) is 0.176. The van der Waals surface area contributed by atoms with Crippen LogP contribution in [0.25, 0.3) is 0 Å². The SMILES string of the molecule is Cc1ccc(NC(=O)c2cccc(Cl)c2)cc1NC(=O)CCN. The van der Waals surface area contributed by atoms with Crippen molar-refractivity contribution in [2.45, 2.75) is 13.3 Å². The summed E-state index contributed by atoms with van der Waals surface area (Å²) in [5.74, 6) is -0.426. The van der Waals surface area contributed by atoms with Crippen molar-refractivity contribution in [3.63, 3.8) is 0 Å². The molecule has 0 aromatic heterocycles. The van der Waals surface area contributed by atoms with Crippen molar-refractivity contribution >= 4 is 34.8 Å². The van der Waals surface area contributed by atoms with Gasteiger partial charge in [-0.05, 0) is 42.8 Å². The zero-order chi connectivity index (χ0) is 16.8. The number of rotatable bonds is 5. The number of carbonyl (C=O) groups excluding carboxylic acids is 2. The third kappa shape index (κ3) is 4.81. The summed E-state index contributed by atoms with van der Waals surface area (Å²) in [5.41, 5.74) is 7.96. The minimum atomic E-state index is -0.268. The molecule has 0 saturated carbocycles. The minimum absolute atomic E-state index is 0.158. The minimum Gasteiger partial charge on any atom is -0.330 e. The summed E-state index contributed by atoms with van der Waals surface area (Å²) in [6.07, 6.45) is 0.249. The Balaban J connectivity index is 2.14. The van der Waals surface area contributed by atoms with Crippen LogP contribution < -0.4 is 16.4 Å². The lowest BCUT2D eigenvalue weighted by molar-refractivity contribution is -0.116. The fourth-order valence-corrected chi connectivity index (χ4v) is 2.20. The van der Waals surface area contributed by atoms with E-state index in [9.17, 15) is 9.59 Å². The molecule has 0 spiro atoms. The van der Waals surface area contributed by atoms with Crippen molar-refractivity contribution in [1.29, 1.82) is 0 Å². The van der Waals surface area contributed by atoms with Crippen molar-refractivity contribution < 1.29 is 9.59 Å². The second-order valence-electron chi connectivity index (χ2n) is 5.08. The molecule has 0 unspecified atom stereocenters. The Morgan fingerprint density at radius 2 is 1.91 bits per heavy atom. The number of benzene rings is 2. The Hall–Kier alpha value is -2.37. The van der Waals surface area contributed by atoms with Crippen molar-refractivity contribution in [3.8, 4) is 0 Å². The molecule has 0 aliphatic carbocycles. The highest BCUT2D eigenvalue weighted by Crippen LogP contribution is 2.21. The van der Waals surface area contributed by atoms with E-state index in [4.69, 9.17) is 17.3 Å². The van der Waals surface area contributed by atoms with Crippen molar-refractivity contribution in [3.05, 3.63) is 58.6 Å². The van der Waals surface area contributed by atoms with Gasteiger partial charge in [-0.15, -0.1) is 0 Å². The zero-order valence-corrected chi connectivity index (χ0v) is 13.5. The summed E-state index contributed by atoms with van der Waals surface area (Å²) in [7, 11) is 0. The molecule has 120 valence electrons. The molecule has 0 fully saturated rings. The predicted octanol–water partition coefficient (Wildman–Crippen LogP) is 3.19. The maximum Gasteiger partial charge on any atom is 0.255 e. The van der Waals surface area contributed by atoms with Gasteiger partial charge in [0.25, 0.3) is 5.91 Å². The molecule has 0 saturated heterocycles. The standard InChI is InChI=1S/C17H18ClN3O2/c1-11-5-6-14(10-15(11)21-16(22)7-8-19)20-17(23)12-3-2-4-13(18)9-12/h2-6,9-10H,7-8,19H2,1H3,(H,20,23)(H,21,22). The summed E-state index contributed by atoms with van der Waals surface area (Å²) >= 11 is 5.89. The molecule has 0 atom stereocenters. The van der Waals surface area contributed by atoms with Crippen LogP contribution in [0.3, 0.4) is 0 Å². The number of carbonyl (C=O) groups is 2. The van der Waals surface area contributed by atoms with Crippen molar-refractivity contribution in [2.75, 3.05) is 17.2 Å². The first-order valence-corrected chi connectivity index (χ1v) is 7.55. The Morgan fingerprint density at radius 1 is 1.13 bits per heavy atom. The number of hydrogen-bond acceptors (Lipinski definition) is 3. The van der Waals surface area contributed by atoms with Crippen LogP contribution in [0.1, 0.15) is 22.3 Å². The van der Waals surface area contributed by atoms with Gasteiger partial charge in [-0.3, -0.25) is 9.59 Å². The highest BCUT2D eigenvalue weighted by atomic mass is 35.5. The summed E-state index contributed by atoms with van der Waals surface area (Å²) in [6.45, 7) is 2.16. The summed E-state index contributed by atoms with van der Waals surface area (Å²) in [5, 5.41) is 6.06. The summed E-state index contributed by atoms with van der Waals surface area (Å²) in [4.78, 5) is 23.9. The lowest BCUT2D eigenvalue weighted by atomic mass is 10.1. The molecule has 0 radical (unpaired) electrons. The number of nitrogens with one attached hydrogen (secondary N) is 2. The van der Waals surface area contributed by atoms with E-state index in [1.54, 1.807) is 36.4 Å². The van der Waals surface area contributed by atoms with Crippen LogP contribution >= 0.6 is 11.6 Å². The molecule has 0 bridgehead atoms. The van der Waals surface area contributed by atoms with Gasteiger partial charge in [-0.2, -0.15) is 0 Å². The van der Waals surface area contributed by atoms with E-state index in [0.29, 0.717) is 22.0 Å². The molecule has 4 N–H and O–H groups in total. The molecule has 2 aromatic carbocycles. The van der Waals surface area contributed by atoms with Crippen LogP contribution in [0.15, 0.2) is 42.5 Å². The number of halogens is 1. The van der Waals surface area contributed by atoms with Gasteiger partial charge in [0.1, 0.15) is 0 Å². The third-order valence-corrected chi connectivity index (χ3v) is 3.46. The molecule has 2 rings (SSSR count). The van der Waals surface area contributed by atoms with Gasteiger partial charge in [0.15, 0.2) is 0 Å². The number of aryl methyl sites for hydroxylation is 1. The normalized spacial score (nSPS) is 10.2. The summed E-state index contributed by atoms with van der Waals surface area (Å²) < 4.78 is 0. The van der Waals surface area contributed by atoms with Crippen LogP contribution in [0, 0.1) is 6.92 Å². The average molecular weight is 332 g/mol. The quantitative estimate of drug-likeness (QED) is 0.786. The molecule has 5 nitrogen and oxygen atoms in total. The molecule has 2 aromatic rings. The average Bonchev–Trinajstić information content (AvgIpc) is 2.51. The van der Waals surface area contributed by atoms with Gasteiger partial charge in [-0.25, -0.2) is 0 Å². The van der Waals surface area contributed by atoms with E-state index in [-0.39, 0.29) is 24.8 Å². The molecular formula is C17H18ClN3O2. The van der Waals surface area contributed by atoms with Crippen LogP contribution in [0.4, 0.5) is 11.4 Å². The smallest absolute Gasteiger partial charge is 0.255 e. The maximum absolute atomic E-state index is 12.2. The highest BCUT2D eigenvalue weighted by Gasteiger charge is 2.09. The first-order chi connectivity index (χ1) is 11.0.